The average molecular weight is 631 g/mol. The van der Waals surface area contributed by atoms with Crippen molar-refractivity contribution < 1.29 is 33.8 Å². The van der Waals surface area contributed by atoms with Gasteiger partial charge in [0, 0.05) is 36.6 Å². The van der Waals surface area contributed by atoms with Gasteiger partial charge in [0.25, 0.3) is 0 Å². The highest BCUT2D eigenvalue weighted by molar-refractivity contribution is 9.11. The van der Waals surface area contributed by atoms with Crippen LogP contribution in [0.2, 0.25) is 0 Å². The fourth-order valence-electron chi connectivity index (χ4n) is 6.39. The van der Waals surface area contributed by atoms with Crippen molar-refractivity contribution in [1.82, 2.24) is 15.1 Å². The molecule has 6 atom stereocenters. The van der Waals surface area contributed by atoms with Crippen LogP contribution >= 0.6 is 15.9 Å². The van der Waals surface area contributed by atoms with E-state index in [0.29, 0.717) is 16.5 Å². The molecule has 0 saturated carbocycles. The highest BCUT2D eigenvalue weighted by Crippen LogP contribution is 2.59. The van der Waals surface area contributed by atoms with Crippen LogP contribution in [0.3, 0.4) is 0 Å². The largest absolute Gasteiger partial charge is 0.455 e. The van der Waals surface area contributed by atoms with Gasteiger partial charge in [-0.3, -0.25) is 19.2 Å². The van der Waals surface area contributed by atoms with E-state index in [1.54, 1.807) is 11.0 Å². The number of fused-ring (bicyclic) bond motifs is 2. The van der Waals surface area contributed by atoms with Crippen molar-refractivity contribution in [2.24, 2.45) is 11.8 Å². The van der Waals surface area contributed by atoms with Crippen molar-refractivity contribution in [2.75, 3.05) is 26.2 Å². The number of aliphatic hydroxyl groups is 1. The molecule has 5 bridgehead atoms. The Labute approximate surface area is 247 Å². The Kier molecular flexibility index (Phi) is 8.68. The standard InChI is InChI=1S/C30H36BrN3O7/c1-18(2)33-13-8-4-7-12-22(36)32-17-21(19-10-5-3-6-11-19)40-29(39)23-24-27(37)34(14-9-15-35)26(28(33)38)30(24)16-20(31)25(23)41-30/h3-6,8,10-11,16,18,21,23-26,35H,7,9,12-15,17H2,1-2H3,(H,32,36)/b8-4-/t21-,23-,24+,25-,26-,30+/m1/s1. The minimum atomic E-state index is -1.36. The predicted octanol–water partition coefficient (Wildman–Crippen LogP) is 2.23. The first-order valence-electron chi connectivity index (χ1n) is 14.1. The van der Waals surface area contributed by atoms with Gasteiger partial charge in [-0.1, -0.05) is 58.4 Å². The number of hydrogen-bond donors (Lipinski definition) is 2. The fourth-order valence-corrected chi connectivity index (χ4v) is 7.12. The molecule has 0 aliphatic carbocycles. The lowest BCUT2D eigenvalue weighted by Gasteiger charge is -2.37. The second-order valence-corrected chi connectivity index (χ2v) is 12.1. The first kappa shape index (κ1) is 29.5. The van der Waals surface area contributed by atoms with Crippen LogP contribution in [-0.4, -0.2) is 88.6 Å². The van der Waals surface area contributed by atoms with Gasteiger partial charge in [-0.2, -0.15) is 0 Å². The van der Waals surface area contributed by atoms with Crippen molar-refractivity contribution in [1.29, 1.82) is 0 Å². The van der Waals surface area contributed by atoms with Crippen molar-refractivity contribution in [3.63, 3.8) is 0 Å². The third kappa shape index (κ3) is 5.35. The predicted molar refractivity (Wildman–Crippen MR) is 152 cm³/mol. The summed E-state index contributed by atoms with van der Waals surface area (Å²) in [4.78, 5) is 58.1. The molecular weight excluding hydrogens is 594 g/mol. The fraction of sp³-hybridized carbons (Fsp3) is 0.533. The Morgan fingerprint density at radius 1 is 1.12 bits per heavy atom. The summed E-state index contributed by atoms with van der Waals surface area (Å²) in [6.07, 6.45) is 4.91. The summed E-state index contributed by atoms with van der Waals surface area (Å²) in [6.45, 7) is 4.14. The maximum Gasteiger partial charge on any atom is 0.313 e. The first-order valence-corrected chi connectivity index (χ1v) is 14.9. The number of benzene rings is 1. The molecule has 4 aliphatic rings. The quantitative estimate of drug-likeness (QED) is 0.378. The van der Waals surface area contributed by atoms with E-state index < -0.39 is 41.7 Å². The monoisotopic (exact) mass is 629 g/mol. The van der Waals surface area contributed by atoms with Crippen LogP contribution in [0.4, 0.5) is 0 Å². The molecule has 0 radical (unpaired) electrons. The van der Waals surface area contributed by atoms with E-state index in [0.717, 1.165) is 0 Å². The Hall–Kier alpha value is -3.02. The number of nitrogens with one attached hydrogen (secondary N) is 1. The van der Waals surface area contributed by atoms with Crippen molar-refractivity contribution in [3.05, 3.63) is 58.6 Å². The second kappa shape index (κ2) is 12.1. The number of carbonyl (C=O) groups is 4. The lowest BCUT2D eigenvalue weighted by molar-refractivity contribution is -0.160. The van der Waals surface area contributed by atoms with Gasteiger partial charge in [-0.05, 0) is 38.3 Å². The maximum atomic E-state index is 14.3. The number of carbonyl (C=O) groups excluding carboxylic acids is 4. The van der Waals surface area contributed by atoms with Crippen molar-refractivity contribution in [3.8, 4) is 0 Å². The summed E-state index contributed by atoms with van der Waals surface area (Å²) in [7, 11) is 0. The third-order valence-electron chi connectivity index (χ3n) is 8.32. The molecule has 3 amide bonds. The summed E-state index contributed by atoms with van der Waals surface area (Å²) >= 11 is 3.55. The molecule has 4 aliphatic heterocycles. The van der Waals surface area contributed by atoms with Gasteiger partial charge in [-0.25, -0.2) is 0 Å². The van der Waals surface area contributed by atoms with Crippen LogP contribution in [0, 0.1) is 11.8 Å². The number of nitrogens with zero attached hydrogens (tertiary/aromatic N) is 2. The first-order chi connectivity index (χ1) is 19.7. The minimum Gasteiger partial charge on any atom is -0.455 e. The molecular formula is C30H36BrN3O7. The minimum absolute atomic E-state index is 0.0716. The number of likely N-dealkylation sites (tertiary alicyclic amines) is 1. The van der Waals surface area contributed by atoms with E-state index >= 15 is 0 Å². The molecule has 1 aromatic rings. The van der Waals surface area contributed by atoms with Crippen LogP contribution in [-0.2, 0) is 28.7 Å². The van der Waals surface area contributed by atoms with Gasteiger partial charge >= 0.3 is 5.97 Å². The molecule has 2 N–H and O–H groups in total. The summed E-state index contributed by atoms with van der Waals surface area (Å²) in [5.74, 6) is -3.46. The van der Waals surface area contributed by atoms with Crippen LogP contribution in [0.5, 0.6) is 0 Å². The van der Waals surface area contributed by atoms with Crippen LogP contribution in [0.15, 0.2) is 53.0 Å². The Morgan fingerprint density at radius 2 is 1.88 bits per heavy atom. The molecule has 0 aromatic heterocycles. The number of rotatable bonds is 5. The summed E-state index contributed by atoms with van der Waals surface area (Å²) in [5, 5.41) is 12.5. The average Bonchev–Trinajstić information content (AvgIpc) is 3.54. The number of amides is 3. The van der Waals surface area contributed by atoms with E-state index in [1.165, 1.54) is 4.90 Å². The lowest BCUT2D eigenvalue weighted by atomic mass is 9.74. The smallest absolute Gasteiger partial charge is 0.313 e. The zero-order chi connectivity index (χ0) is 29.3. The van der Waals surface area contributed by atoms with Crippen LogP contribution < -0.4 is 5.32 Å². The van der Waals surface area contributed by atoms with Crippen LogP contribution in [0.25, 0.3) is 0 Å². The summed E-state index contributed by atoms with van der Waals surface area (Å²) in [5.41, 5.74) is -0.659. The molecule has 10 nitrogen and oxygen atoms in total. The van der Waals surface area contributed by atoms with Gasteiger partial charge in [0.1, 0.15) is 29.8 Å². The van der Waals surface area contributed by atoms with Crippen molar-refractivity contribution in [2.45, 2.75) is 63.0 Å². The zero-order valence-corrected chi connectivity index (χ0v) is 24.8. The van der Waals surface area contributed by atoms with E-state index in [2.05, 4.69) is 21.2 Å². The molecule has 5 rings (SSSR count). The number of ether oxygens (including phenoxy) is 2. The van der Waals surface area contributed by atoms with E-state index in [9.17, 15) is 24.3 Å². The number of hydrogen-bond acceptors (Lipinski definition) is 7. The number of aliphatic hydroxyl groups excluding tert-OH is 1. The normalized spacial score (nSPS) is 33.1. The summed E-state index contributed by atoms with van der Waals surface area (Å²) < 4.78 is 13.1. The van der Waals surface area contributed by atoms with E-state index in [-0.39, 0.29) is 62.8 Å². The van der Waals surface area contributed by atoms with Gasteiger partial charge in [0.2, 0.25) is 17.7 Å². The summed E-state index contributed by atoms with van der Waals surface area (Å²) in [6, 6.07) is 7.92. The maximum absolute atomic E-state index is 14.3. The molecule has 1 spiro atoms. The zero-order valence-electron chi connectivity index (χ0n) is 23.2. The molecule has 0 unspecified atom stereocenters. The molecule has 220 valence electrons. The third-order valence-corrected chi connectivity index (χ3v) is 9.00. The molecule has 4 heterocycles. The number of cyclic esters (lactones) is 1. The number of allylic oxidation sites excluding steroid dienone is 1. The Balaban J connectivity index is 1.58. The van der Waals surface area contributed by atoms with Gasteiger partial charge in [0.15, 0.2) is 0 Å². The SMILES string of the molecule is CC(C)N1C/C=C\CCC(=O)NC[C@H](c2ccccc2)OC(=O)[C@H]2[C@@H]3O[C@@]4(C=C3Br)[C@@H]2C(=O)N(CCCO)[C@@H]4C1=O. The Bertz CT molecular complexity index is 1250. The molecule has 1 aromatic carbocycles. The number of halogens is 1. The van der Waals surface area contributed by atoms with Gasteiger partial charge in [0.05, 0.1) is 12.5 Å². The van der Waals surface area contributed by atoms with E-state index in [1.807, 2.05) is 56.3 Å². The topological polar surface area (TPSA) is 125 Å². The van der Waals surface area contributed by atoms with Crippen LogP contribution in [0.1, 0.15) is 44.8 Å². The number of esters is 1. The molecule has 2 fully saturated rings. The van der Waals surface area contributed by atoms with Crippen molar-refractivity contribution >= 4 is 39.6 Å². The van der Waals surface area contributed by atoms with E-state index in [4.69, 9.17) is 9.47 Å². The molecule has 11 heteroatoms. The lowest BCUT2D eigenvalue weighted by Crippen LogP contribution is -2.57. The van der Waals surface area contributed by atoms with Gasteiger partial charge < -0.3 is 29.7 Å². The molecule has 2 saturated heterocycles. The highest BCUT2D eigenvalue weighted by atomic mass is 79.9. The highest BCUT2D eigenvalue weighted by Gasteiger charge is 2.74. The molecule has 41 heavy (non-hydrogen) atoms. The van der Waals surface area contributed by atoms with Gasteiger partial charge in [-0.15, -0.1) is 0 Å². The Morgan fingerprint density at radius 3 is 2.59 bits per heavy atom. The second-order valence-electron chi connectivity index (χ2n) is 11.2.